The van der Waals surface area contributed by atoms with E-state index < -0.39 is 0 Å². The molecule has 2 rings (SSSR count). The van der Waals surface area contributed by atoms with Crippen LogP contribution in [0.3, 0.4) is 0 Å². The molecule has 0 amide bonds. The van der Waals surface area contributed by atoms with E-state index in [0.29, 0.717) is 11.0 Å². The van der Waals surface area contributed by atoms with Crippen molar-refractivity contribution in [3.8, 4) is 0 Å². The van der Waals surface area contributed by atoms with E-state index in [1.165, 1.54) is 0 Å². The Morgan fingerprint density at radius 2 is 1.95 bits per heavy atom. The van der Waals surface area contributed by atoms with Gasteiger partial charge in [-0.2, -0.15) is 0 Å². The van der Waals surface area contributed by atoms with Crippen LogP contribution in [-0.2, 0) is 11.2 Å². The third-order valence-electron chi connectivity index (χ3n) is 2.96. The molecule has 0 fully saturated rings. The predicted molar refractivity (Wildman–Crippen MR) is 89.0 cm³/mol. The van der Waals surface area contributed by atoms with Crippen LogP contribution in [0.25, 0.3) is 0 Å². The lowest BCUT2D eigenvalue weighted by molar-refractivity contribution is 0.128. The highest BCUT2D eigenvalue weighted by Crippen LogP contribution is 2.27. The lowest BCUT2D eigenvalue weighted by Gasteiger charge is -2.16. The zero-order valence-electron chi connectivity index (χ0n) is 11.4. The maximum absolute atomic E-state index is 6.23. The minimum atomic E-state index is -0.290. The average molecular weight is 403 g/mol. The van der Waals surface area contributed by atoms with Gasteiger partial charge in [-0.3, -0.25) is 0 Å². The summed E-state index contributed by atoms with van der Waals surface area (Å²) in [5.41, 5.74) is 2.01. The van der Waals surface area contributed by atoms with Crippen molar-refractivity contribution in [2.24, 2.45) is 0 Å². The first-order chi connectivity index (χ1) is 9.67. The Balaban J connectivity index is 2.45. The number of rotatable bonds is 5. The smallest absolute Gasteiger partial charge is 0.163 e. The van der Waals surface area contributed by atoms with E-state index in [1.807, 2.05) is 30.3 Å². The molecule has 1 heterocycles. The van der Waals surface area contributed by atoms with Crippen LogP contribution in [0.15, 0.2) is 30.3 Å². The van der Waals surface area contributed by atoms with E-state index in [4.69, 9.17) is 16.3 Å². The molecule has 0 saturated carbocycles. The molecule has 20 heavy (non-hydrogen) atoms. The number of benzene rings is 1. The van der Waals surface area contributed by atoms with E-state index in [9.17, 15) is 0 Å². The summed E-state index contributed by atoms with van der Waals surface area (Å²) in [5, 5.41) is 0.497. The van der Waals surface area contributed by atoms with Crippen LogP contribution in [0, 0.1) is 3.57 Å². The monoisotopic (exact) mass is 402 g/mol. The van der Waals surface area contributed by atoms with Gasteiger partial charge in [0.2, 0.25) is 0 Å². The number of nitrogens with zero attached hydrogens (tertiary/aromatic N) is 2. The van der Waals surface area contributed by atoms with Gasteiger partial charge in [-0.05, 0) is 34.6 Å². The maximum Gasteiger partial charge on any atom is 0.163 e. The summed E-state index contributed by atoms with van der Waals surface area (Å²) >= 11 is 8.43. The number of hydrogen-bond donors (Lipinski definition) is 0. The first-order valence-electron chi connectivity index (χ1n) is 6.47. The highest BCUT2D eigenvalue weighted by Gasteiger charge is 2.19. The third kappa shape index (κ3) is 3.48. The van der Waals surface area contributed by atoms with Crippen LogP contribution in [0.1, 0.15) is 36.5 Å². The van der Waals surface area contributed by atoms with Gasteiger partial charge < -0.3 is 4.74 Å². The quantitative estimate of drug-likeness (QED) is 0.548. The minimum Gasteiger partial charge on any atom is -0.369 e. The molecule has 1 unspecified atom stereocenters. The molecule has 5 heteroatoms. The van der Waals surface area contributed by atoms with Crippen LogP contribution < -0.4 is 0 Å². The summed E-state index contributed by atoms with van der Waals surface area (Å²) in [4.78, 5) is 9.03. The van der Waals surface area contributed by atoms with Gasteiger partial charge in [-0.25, -0.2) is 9.97 Å². The fourth-order valence-electron chi connectivity index (χ4n) is 2.02. The summed E-state index contributed by atoms with van der Waals surface area (Å²) in [6, 6.07) is 9.93. The molecule has 1 aromatic heterocycles. The van der Waals surface area contributed by atoms with Gasteiger partial charge in [0.15, 0.2) is 5.82 Å². The number of methoxy groups -OCH3 is 1. The predicted octanol–water partition coefficient (Wildman–Crippen LogP) is 4.42. The SMILES string of the molecule is CCCc1nc(C(OC)c2ccccc2)nc(Cl)c1I. The van der Waals surface area contributed by atoms with Gasteiger partial charge in [-0.15, -0.1) is 0 Å². The molecule has 2 aromatic rings. The standard InChI is InChI=1S/C15H16ClIN2O/c1-3-7-11-12(17)14(16)19-15(18-11)13(20-2)10-8-5-4-6-9-10/h4-6,8-9,13H,3,7H2,1-2H3. The fourth-order valence-corrected chi connectivity index (χ4v) is 2.73. The number of aromatic nitrogens is 2. The highest BCUT2D eigenvalue weighted by molar-refractivity contribution is 14.1. The van der Waals surface area contributed by atoms with Gasteiger partial charge in [-0.1, -0.05) is 55.3 Å². The largest absolute Gasteiger partial charge is 0.369 e. The lowest BCUT2D eigenvalue weighted by Crippen LogP contribution is -2.11. The van der Waals surface area contributed by atoms with E-state index in [1.54, 1.807) is 7.11 Å². The normalized spacial score (nSPS) is 12.4. The van der Waals surface area contributed by atoms with Crippen molar-refractivity contribution < 1.29 is 4.74 Å². The Morgan fingerprint density at radius 3 is 2.55 bits per heavy atom. The molecule has 0 saturated heterocycles. The highest BCUT2D eigenvalue weighted by atomic mass is 127. The second-order valence-electron chi connectivity index (χ2n) is 4.41. The average Bonchev–Trinajstić information content (AvgIpc) is 2.46. The summed E-state index contributed by atoms with van der Waals surface area (Å²) in [6.45, 7) is 2.12. The first-order valence-corrected chi connectivity index (χ1v) is 7.92. The van der Waals surface area contributed by atoms with E-state index in [0.717, 1.165) is 27.7 Å². The van der Waals surface area contributed by atoms with Crippen molar-refractivity contribution in [1.29, 1.82) is 0 Å². The third-order valence-corrected chi connectivity index (χ3v) is 4.68. The molecule has 0 radical (unpaired) electrons. The molecule has 106 valence electrons. The fraction of sp³-hybridized carbons (Fsp3) is 0.333. The summed E-state index contributed by atoms with van der Waals surface area (Å²) in [6.07, 6.45) is 1.62. The zero-order valence-corrected chi connectivity index (χ0v) is 14.4. The lowest BCUT2D eigenvalue weighted by atomic mass is 10.1. The van der Waals surface area contributed by atoms with Crippen molar-refractivity contribution in [2.45, 2.75) is 25.9 Å². The summed E-state index contributed by atoms with van der Waals surface area (Å²) < 4.78 is 6.49. The Labute approximate surface area is 137 Å². The van der Waals surface area contributed by atoms with Crippen molar-refractivity contribution in [1.82, 2.24) is 9.97 Å². The molecule has 0 bridgehead atoms. The van der Waals surface area contributed by atoms with Gasteiger partial charge in [0.1, 0.15) is 11.3 Å². The molecular weight excluding hydrogens is 387 g/mol. The molecule has 0 aliphatic heterocycles. The molecule has 0 spiro atoms. The zero-order chi connectivity index (χ0) is 14.5. The molecular formula is C15H16ClIN2O. The van der Waals surface area contributed by atoms with Gasteiger partial charge >= 0.3 is 0 Å². The van der Waals surface area contributed by atoms with Crippen LogP contribution in [0.2, 0.25) is 5.15 Å². The van der Waals surface area contributed by atoms with Crippen LogP contribution in [0.5, 0.6) is 0 Å². The molecule has 3 nitrogen and oxygen atoms in total. The Hall–Kier alpha value is -0.720. The number of hydrogen-bond acceptors (Lipinski definition) is 3. The molecule has 0 N–H and O–H groups in total. The minimum absolute atomic E-state index is 0.290. The van der Waals surface area contributed by atoms with Gasteiger partial charge in [0.25, 0.3) is 0 Å². The van der Waals surface area contributed by atoms with E-state index >= 15 is 0 Å². The summed E-state index contributed by atoms with van der Waals surface area (Å²) in [5.74, 6) is 0.618. The van der Waals surface area contributed by atoms with Crippen LogP contribution >= 0.6 is 34.2 Å². The topological polar surface area (TPSA) is 35.0 Å². The molecule has 0 aliphatic carbocycles. The summed E-state index contributed by atoms with van der Waals surface area (Å²) in [7, 11) is 1.66. The number of halogens is 2. The van der Waals surface area contributed by atoms with Crippen molar-refractivity contribution in [3.05, 3.63) is 56.1 Å². The Kier molecular flexibility index (Phi) is 5.74. The van der Waals surface area contributed by atoms with E-state index in [2.05, 4.69) is 39.5 Å². The molecule has 1 aromatic carbocycles. The Morgan fingerprint density at radius 1 is 1.25 bits per heavy atom. The second-order valence-corrected chi connectivity index (χ2v) is 5.85. The van der Waals surface area contributed by atoms with Crippen LogP contribution in [0.4, 0.5) is 0 Å². The second kappa shape index (κ2) is 7.33. The number of aryl methyl sites for hydroxylation is 1. The van der Waals surface area contributed by atoms with Gasteiger partial charge in [0.05, 0.1) is 9.26 Å². The van der Waals surface area contributed by atoms with Crippen molar-refractivity contribution >= 4 is 34.2 Å². The van der Waals surface area contributed by atoms with E-state index in [-0.39, 0.29) is 6.10 Å². The van der Waals surface area contributed by atoms with Crippen LogP contribution in [-0.4, -0.2) is 17.1 Å². The van der Waals surface area contributed by atoms with Crippen molar-refractivity contribution in [3.63, 3.8) is 0 Å². The molecule has 1 atom stereocenters. The first kappa shape index (κ1) is 15.7. The number of ether oxygens (including phenoxy) is 1. The van der Waals surface area contributed by atoms with Gasteiger partial charge in [0, 0.05) is 7.11 Å². The Bertz CT molecular complexity index is 578. The maximum atomic E-state index is 6.23. The van der Waals surface area contributed by atoms with Crippen molar-refractivity contribution in [2.75, 3.05) is 7.11 Å². The molecule has 0 aliphatic rings.